The highest BCUT2D eigenvalue weighted by Gasteiger charge is 2.17. The molecule has 0 aliphatic carbocycles. The van der Waals surface area contributed by atoms with E-state index in [4.69, 9.17) is 10.8 Å². The minimum atomic E-state index is -1.36. The first-order chi connectivity index (χ1) is 9.47. The van der Waals surface area contributed by atoms with Gasteiger partial charge in [-0.1, -0.05) is 13.8 Å². The molecule has 0 radical (unpaired) electrons. The Morgan fingerprint density at radius 1 is 1.40 bits per heavy atom. The second-order valence-corrected chi connectivity index (χ2v) is 4.26. The standard InChI is InChI=1S/C13H15FN4O2/c1-3-11-16-12(4-2)18(17-11)10-6-8(14)7(13(19)20)5-9(10)15/h5-6H,3-4,15H2,1-2H3,(H,19,20). The molecule has 6 nitrogen and oxygen atoms in total. The fourth-order valence-electron chi connectivity index (χ4n) is 1.89. The van der Waals surface area contributed by atoms with E-state index >= 15 is 0 Å². The summed E-state index contributed by atoms with van der Waals surface area (Å²) in [7, 11) is 0. The average molecular weight is 278 g/mol. The van der Waals surface area contributed by atoms with Crippen LogP contribution in [-0.4, -0.2) is 25.8 Å². The maximum atomic E-state index is 13.8. The lowest BCUT2D eigenvalue weighted by Gasteiger charge is -2.09. The van der Waals surface area contributed by atoms with Crippen molar-refractivity contribution >= 4 is 11.7 Å². The fraction of sp³-hybridized carbons (Fsp3) is 0.308. The van der Waals surface area contributed by atoms with Gasteiger partial charge in [-0.25, -0.2) is 18.9 Å². The number of carboxylic acids is 1. The lowest BCUT2D eigenvalue weighted by Crippen LogP contribution is -2.09. The van der Waals surface area contributed by atoms with E-state index in [0.29, 0.717) is 30.2 Å². The van der Waals surface area contributed by atoms with Crippen molar-refractivity contribution in [2.45, 2.75) is 26.7 Å². The summed E-state index contributed by atoms with van der Waals surface area (Å²) in [5, 5.41) is 13.1. The van der Waals surface area contributed by atoms with E-state index in [2.05, 4.69) is 10.1 Å². The van der Waals surface area contributed by atoms with Crippen LogP contribution in [0.3, 0.4) is 0 Å². The molecule has 0 aliphatic rings. The van der Waals surface area contributed by atoms with Gasteiger partial charge in [-0.15, -0.1) is 0 Å². The van der Waals surface area contributed by atoms with E-state index < -0.39 is 17.3 Å². The maximum absolute atomic E-state index is 13.8. The second kappa shape index (κ2) is 5.28. The number of hydrogen-bond acceptors (Lipinski definition) is 4. The molecular weight excluding hydrogens is 263 g/mol. The summed E-state index contributed by atoms with van der Waals surface area (Å²) in [5.41, 5.74) is 5.80. The largest absolute Gasteiger partial charge is 0.478 e. The Labute approximate surface area is 115 Å². The number of nitrogen functional groups attached to an aromatic ring is 1. The first-order valence-electron chi connectivity index (χ1n) is 6.25. The molecule has 2 rings (SSSR count). The summed E-state index contributed by atoms with van der Waals surface area (Å²) in [5.74, 6) is -0.929. The smallest absolute Gasteiger partial charge is 0.338 e. The third-order valence-electron chi connectivity index (χ3n) is 2.93. The Morgan fingerprint density at radius 3 is 2.65 bits per heavy atom. The molecule has 0 amide bonds. The zero-order valence-corrected chi connectivity index (χ0v) is 11.2. The summed E-state index contributed by atoms with van der Waals surface area (Å²) < 4.78 is 15.3. The van der Waals surface area contributed by atoms with Crippen LogP contribution in [0.2, 0.25) is 0 Å². The summed E-state index contributed by atoms with van der Waals surface area (Å²) in [6.45, 7) is 3.81. The van der Waals surface area contributed by atoms with E-state index in [-0.39, 0.29) is 5.69 Å². The molecule has 7 heteroatoms. The molecule has 0 saturated carbocycles. The molecule has 0 unspecified atom stereocenters. The number of nitrogens with two attached hydrogens (primary N) is 1. The van der Waals surface area contributed by atoms with E-state index in [9.17, 15) is 9.18 Å². The molecular formula is C13H15FN4O2. The first kappa shape index (κ1) is 14.0. The lowest BCUT2D eigenvalue weighted by atomic mass is 10.1. The first-order valence-corrected chi connectivity index (χ1v) is 6.25. The van der Waals surface area contributed by atoms with Crippen LogP contribution in [0.5, 0.6) is 0 Å². The summed E-state index contributed by atoms with van der Waals surface area (Å²) in [6, 6.07) is 2.17. The number of rotatable bonds is 4. The number of nitrogens with zero attached hydrogens (tertiary/aromatic N) is 3. The van der Waals surface area contributed by atoms with Crippen LogP contribution in [0.1, 0.15) is 35.9 Å². The van der Waals surface area contributed by atoms with Crippen LogP contribution in [0.15, 0.2) is 12.1 Å². The Kier molecular flexibility index (Phi) is 3.69. The molecule has 1 heterocycles. The number of anilines is 1. The van der Waals surface area contributed by atoms with Crippen molar-refractivity contribution in [3.05, 3.63) is 35.2 Å². The lowest BCUT2D eigenvalue weighted by molar-refractivity contribution is 0.0692. The summed E-state index contributed by atoms with van der Waals surface area (Å²) in [4.78, 5) is 15.2. The molecule has 20 heavy (non-hydrogen) atoms. The Morgan fingerprint density at radius 2 is 2.10 bits per heavy atom. The number of carboxylic acid groups (broad SMARTS) is 1. The van der Waals surface area contributed by atoms with Crippen LogP contribution in [-0.2, 0) is 12.8 Å². The zero-order valence-electron chi connectivity index (χ0n) is 11.2. The van der Waals surface area contributed by atoms with Crippen molar-refractivity contribution in [1.29, 1.82) is 0 Å². The highest BCUT2D eigenvalue weighted by Crippen LogP contribution is 2.23. The molecule has 0 fully saturated rings. The highest BCUT2D eigenvalue weighted by molar-refractivity contribution is 5.90. The van der Waals surface area contributed by atoms with Gasteiger partial charge in [0.15, 0.2) is 5.82 Å². The van der Waals surface area contributed by atoms with E-state index in [0.717, 1.165) is 12.1 Å². The molecule has 1 aromatic heterocycles. The quantitative estimate of drug-likeness (QED) is 0.832. The number of carbonyl (C=O) groups is 1. The monoisotopic (exact) mass is 278 g/mol. The number of aromatic nitrogens is 3. The average Bonchev–Trinajstić information content (AvgIpc) is 2.83. The minimum Gasteiger partial charge on any atom is -0.478 e. The number of benzene rings is 1. The topological polar surface area (TPSA) is 94.0 Å². The van der Waals surface area contributed by atoms with Gasteiger partial charge in [0, 0.05) is 18.9 Å². The molecule has 2 aromatic rings. The number of aryl methyl sites for hydroxylation is 2. The van der Waals surface area contributed by atoms with E-state index in [1.807, 2.05) is 13.8 Å². The normalized spacial score (nSPS) is 10.8. The molecule has 1 aromatic carbocycles. The Hall–Kier alpha value is -2.44. The van der Waals surface area contributed by atoms with Crippen molar-refractivity contribution in [3.63, 3.8) is 0 Å². The van der Waals surface area contributed by atoms with E-state index in [1.54, 1.807) is 0 Å². The van der Waals surface area contributed by atoms with Crippen molar-refractivity contribution < 1.29 is 14.3 Å². The number of aromatic carboxylic acids is 1. The zero-order chi connectivity index (χ0) is 14.9. The molecule has 0 bridgehead atoms. The van der Waals surface area contributed by atoms with Gasteiger partial charge in [-0.05, 0) is 6.07 Å². The van der Waals surface area contributed by atoms with Crippen LogP contribution in [0.4, 0.5) is 10.1 Å². The SMILES string of the molecule is CCc1nc(CC)n(-c2cc(F)c(C(=O)O)cc2N)n1. The van der Waals surface area contributed by atoms with Gasteiger partial charge in [-0.2, -0.15) is 5.10 Å². The Balaban J connectivity index is 2.61. The van der Waals surface area contributed by atoms with Crippen LogP contribution in [0.25, 0.3) is 5.69 Å². The third kappa shape index (κ3) is 2.34. The second-order valence-electron chi connectivity index (χ2n) is 4.26. The fourth-order valence-corrected chi connectivity index (χ4v) is 1.89. The van der Waals surface area contributed by atoms with Gasteiger partial charge >= 0.3 is 5.97 Å². The number of hydrogen-bond donors (Lipinski definition) is 2. The molecule has 0 saturated heterocycles. The molecule has 0 atom stereocenters. The summed E-state index contributed by atoms with van der Waals surface area (Å²) >= 11 is 0. The third-order valence-corrected chi connectivity index (χ3v) is 2.93. The molecule has 106 valence electrons. The van der Waals surface area contributed by atoms with Gasteiger partial charge in [0.25, 0.3) is 0 Å². The predicted molar refractivity (Wildman–Crippen MR) is 71.4 cm³/mol. The van der Waals surface area contributed by atoms with Crippen molar-refractivity contribution in [1.82, 2.24) is 14.8 Å². The highest BCUT2D eigenvalue weighted by atomic mass is 19.1. The number of halogens is 1. The van der Waals surface area contributed by atoms with Gasteiger partial charge in [-0.3, -0.25) is 0 Å². The molecule has 0 spiro atoms. The minimum absolute atomic E-state index is 0.144. The Bertz CT molecular complexity index is 667. The summed E-state index contributed by atoms with van der Waals surface area (Å²) in [6.07, 6.45) is 1.25. The predicted octanol–water partition coefficient (Wildman–Crippen LogP) is 1.81. The van der Waals surface area contributed by atoms with Crippen LogP contribution >= 0.6 is 0 Å². The van der Waals surface area contributed by atoms with Gasteiger partial charge in [0.05, 0.1) is 16.9 Å². The van der Waals surface area contributed by atoms with Gasteiger partial charge < -0.3 is 10.8 Å². The van der Waals surface area contributed by atoms with Gasteiger partial charge in [0.1, 0.15) is 11.6 Å². The van der Waals surface area contributed by atoms with Crippen molar-refractivity contribution in [2.75, 3.05) is 5.73 Å². The maximum Gasteiger partial charge on any atom is 0.338 e. The van der Waals surface area contributed by atoms with Gasteiger partial charge in [0.2, 0.25) is 0 Å². The van der Waals surface area contributed by atoms with Crippen molar-refractivity contribution in [2.24, 2.45) is 0 Å². The molecule has 0 aliphatic heterocycles. The van der Waals surface area contributed by atoms with Crippen LogP contribution in [0, 0.1) is 5.82 Å². The molecule has 3 N–H and O–H groups in total. The van der Waals surface area contributed by atoms with E-state index in [1.165, 1.54) is 4.68 Å². The van der Waals surface area contributed by atoms with Crippen molar-refractivity contribution in [3.8, 4) is 5.69 Å². The van der Waals surface area contributed by atoms with Crippen LogP contribution < -0.4 is 5.73 Å².